The molecule has 0 radical (unpaired) electrons. The number of nitrogens with zero attached hydrogens (tertiary/aromatic N) is 2. The van der Waals surface area contributed by atoms with Crippen molar-refractivity contribution >= 4 is 17.3 Å². The van der Waals surface area contributed by atoms with Gasteiger partial charge in [-0.05, 0) is 56.2 Å². The van der Waals surface area contributed by atoms with Crippen LogP contribution in [-0.2, 0) is 0 Å². The topological polar surface area (TPSA) is 45.2 Å². The van der Waals surface area contributed by atoms with Crippen LogP contribution in [0, 0.1) is 6.92 Å². The van der Waals surface area contributed by atoms with Crippen LogP contribution >= 0.6 is 0 Å². The predicted octanol–water partition coefficient (Wildman–Crippen LogP) is 3.24. The van der Waals surface area contributed by atoms with E-state index in [1.165, 1.54) is 18.5 Å². The lowest BCUT2D eigenvalue weighted by Crippen LogP contribution is -2.17. The number of anilines is 2. The Kier molecular flexibility index (Phi) is 3.86. The van der Waals surface area contributed by atoms with E-state index in [1.54, 1.807) is 18.3 Å². The maximum atomic E-state index is 12.2. The Bertz CT molecular complexity index is 631. The van der Waals surface area contributed by atoms with Gasteiger partial charge in [0.2, 0.25) is 0 Å². The Morgan fingerprint density at radius 3 is 2.52 bits per heavy atom. The minimum Gasteiger partial charge on any atom is -0.372 e. The third-order valence-corrected chi connectivity index (χ3v) is 3.85. The van der Waals surface area contributed by atoms with Gasteiger partial charge in [0.15, 0.2) is 0 Å². The van der Waals surface area contributed by atoms with Crippen LogP contribution < -0.4 is 10.2 Å². The average molecular weight is 281 g/mol. The van der Waals surface area contributed by atoms with Crippen LogP contribution in [0.3, 0.4) is 0 Å². The molecule has 0 unspecified atom stereocenters. The molecule has 1 aliphatic rings. The first-order valence-corrected chi connectivity index (χ1v) is 7.32. The van der Waals surface area contributed by atoms with Crippen LogP contribution in [0.4, 0.5) is 11.4 Å². The first kappa shape index (κ1) is 13.6. The Balaban J connectivity index is 1.70. The van der Waals surface area contributed by atoms with E-state index in [0.29, 0.717) is 5.56 Å². The van der Waals surface area contributed by atoms with Crippen molar-refractivity contribution in [2.45, 2.75) is 19.8 Å². The predicted molar refractivity (Wildman–Crippen MR) is 84.8 cm³/mol. The van der Waals surface area contributed by atoms with Gasteiger partial charge in [0.1, 0.15) is 0 Å². The Morgan fingerprint density at radius 1 is 1.14 bits per heavy atom. The molecule has 3 rings (SSSR count). The second-order valence-electron chi connectivity index (χ2n) is 5.33. The van der Waals surface area contributed by atoms with Gasteiger partial charge in [-0.25, -0.2) is 0 Å². The summed E-state index contributed by atoms with van der Waals surface area (Å²) < 4.78 is 0. The van der Waals surface area contributed by atoms with E-state index in [9.17, 15) is 4.79 Å². The van der Waals surface area contributed by atoms with Crippen LogP contribution in [0.15, 0.2) is 42.6 Å². The van der Waals surface area contributed by atoms with E-state index in [1.807, 2.05) is 19.1 Å². The summed E-state index contributed by atoms with van der Waals surface area (Å²) in [5.74, 6) is -0.116. The molecule has 1 fully saturated rings. The van der Waals surface area contributed by atoms with Crippen LogP contribution in [-0.4, -0.2) is 24.0 Å². The molecule has 4 nitrogen and oxygen atoms in total. The Morgan fingerprint density at radius 2 is 1.86 bits per heavy atom. The molecule has 108 valence electrons. The van der Waals surface area contributed by atoms with Gasteiger partial charge in [-0.3, -0.25) is 9.78 Å². The molecule has 0 saturated carbocycles. The minimum absolute atomic E-state index is 0.116. The standard InChI is InChI=1S/C17H19N3O/c1-13-16(5-4-10-18-13)17(21)19-14-6-8-15(9-7-14)20-11-2-3-12-20/h4-10H,2-3,11-12H2,1H3,(H,19,21). The lowest BCUT2D eigenvalue weighted by atomic mass is 10.2. The first-order chi connectivity index (χ1) is 10.2. The van der Waals surface area contributed by atoms with Crippen molar-refractivity contribution in [3.8, 4) is 0 Å². The molecule has 4 heteroatoms. The zero-order chi connectivity index (χ0) is 14.7. The van der Waals surface area contributed by atoms with Gasteiger partial charge < -0.3 is 10.2 Å². The van der Waals surface area contributed by atoms with E-state index >= 15 is 0 Å². The number of amides is 1. The molecule has 0 atom stereocenters. The quantitative estimate of drug-likeness (QED) is 0.939. The minimum atomic E-state index is -0.116. The molecule has 0 aliphatic carbocycles. The van der Waals surface area contributed by atoms with Gasteiger partial charge >= 0.3 is 0 Å². The zero-order valence-corrected chi connectivity index (χ0v) is 12.2. The molecule has 0 bridgehead atoms. The smallest absolute Gasteiger partial charge is 0.257 e. The summed E-state index contributed by atoms with van der Waals surface area (Å²) in [6, 6.07) is 11.6. The van der Waals surface area contributed by atoms with Gasteiger partial charge in [-0.1, -0.05) is 0 Å². The highest BCUT2D eigenvalue weighted by Gasteiger charge is 2.13. The third-order valence-electron chi connectivity index (χ3n) is 3.85. The summed E-state index contributed by atoms with van der Waals surface area (Å²) in [6.07, 6.45) is 4.22. The Labute approximate surface area is 124 Å². The summed E-state index contributed by atoms with van der Waals surface area (Å²) in [5, 5.41) is 2.92. The molecule has 1 saturated heterocycles. The zero-order valence-electron chi connectivity index (χ0n) is 12.2. The van der Waals surface area contributed by atoms with Gasteiger partial charge in [-0.2, -0.15) is 0 Å². The molecular formula is C17H19N3O. The summed E-state index contributed by atoms with van der Waals surface area (Å²) in [5.41, 5.74) is 3.39. The SMILES string of the molecule is Cc1ncccc1C(=O)Nc1ccc(N2CCCC2)cc1. The summed E-state index contributed by atoms with van der Waals surface area (Å²) >= 11 is 0. The molecule has 1 amide bonds. The maximum absolute atomic E-state index is 12.2. The molecular weight excluding hydrogens is 262 g/mol. The van der Waals surface area contributed by atoms with E-state index in [2.05, 4.69) is 27.3 Å². The molecule has 2 aromatic rings. The molecule has 1 aromatic carbocycles. The normalized spacial score (nSPS) is 14.2. The molecule has 0 spiro atoms. The highest BCUT2D eigenvalue weighted by molar-refractivity contribution is 6.05. The lowest BCUT2D eigenvalue weighted by Gasteiger charge is -2.17. The first-order valence-electron chi connectivity index (χ1n) is 7.32. The van der Waals surface area contributed by atoms with E-state index in [0.717, 1.165) is 24.5 Å². The lowest BCUT2D eigenvalue weighted by molar-refractivity contribution is 0.102. The second-order valence-corrected chi connectivity index (χ2v) is 5.33. The van der Waals surface area contributed by atoms with Gasteiger partial charge in [0.25, 0.3) is 5.91 Å². The van der Waals surface area contributed by atoms with Crippen molar-refractivity contribution in [1.29, 1.82) is 0 Å². The molecule has 1 aromatic heterocycles. The number of hydrogen-bond donors (Lipinski definition) is 1. The average Bonchev–Trinajstić information content (AvgIpc) is 3.02. The largest absolute Gasteiger partial charge is 0.372 e. The fraction of sp³-hybridized carbons (Fsp3) is 0.294. The number of carbonyl (C=O) groups excluding carboxylic acids is 1. The molecule has 2 heterocycles. The molecule has 1 N–H and O–H groups in total. The van der Waals surface area contributed by atoms with Crippen LogP contribution in [0.2, 0.25) is 0 Å². The number of rotatable bonds is 3. The van der Waals surface area contributed by atoms with Crippen LogP contribution in [0.1, 0.15) is 28.9 Å². The second kappa shape index (κ2) is 5.95. The summed E-state index contributed by atoms with van der Waals surface area (Å²) in [4.78, 5) is 18.7. The van der Waals surface area contributed by atoms with Crippen molar-refractivity contribution < 1.29 is 4.79 Å². The van der Waals surface area contributed by atoms with Crippen molar-refractivity contribution in [1.82, 2.24) is 4.98 Å². The van der Waals surface area contributed by atoms with Crippen molar-refractivity contribution in [2.24, 2.45) is 0 Å². The van der Waals surface area contributed by atoms with E-state index < -0.39 is 0 Å². The van der Waals surface area contributed by atoms with Crippen LogP contribution in [0.5, 0.6) is 0 Å². The highest BCUT2D eigenvalue weighted by atomic mass is 16.1. The number of carbonyl (C=O) groups is 1. The third kappa shape index (κ3) is 3.05. The van der Waals surface area contributed by atoms with Gasteiger partial charge in [0, 0.05) is 36.4 Å². The highest BCUT2D eigenvalue weighted by Crippen LogP contribution is 2.22. The Hall–Kier alpha value is -2.36. The van der Waals surface area contributed by atoms with Crippen molar-refractivity contribution in [3.05, 3.63) is 53.9 Å². The van der Waals surface area contributed by atoms with Crippen molar-refractivity contribution in [2.75, 3.05) is 23.3 Å². The number of aromatic nitrogens is 1. The van der Waals surface area contributed by atoms with E-state index in [4.69, 9.17) is 0 Å². The van der Waals surface area contributed by atoms with E-state index in [-0.39, 0.29) is 5.91 Å². The van der Waals surface area contributed by atoms with Crippen LogP contribution in [0.25, 0.3) is 0 Å². The summed E-state index contributed by atoms with van der Waals surface area (Å²) in [6.45, 7) is 4.09. The summed E-state index contributed by atoms with van der Waals surface area (Å²) in [7, 11) is 0. The number of hydrogen-bond acceptors (Lipinski definition) is 3. The number of nitrogens with one attached hydrogen (secondary N) is 1. The molecule has 1 aliphatic heterocycles. The maximum Gasteiger partial charge on any atom is 0.257 e. The fourth-order valence-electron chi connectivity index (χ4n) is 2.65. The fourth-order valence-corrected chi connectivity index (χ4v) is 2.65. The van der Waals surface area contributed by atoms with Gasteiger partial charge in [0.05, 0.1) is 5.56 Å². The van der Waals surface area contributed by atoms with Gasteiger partial charge in [-0.15, -0.1) is 0 Å². The number of benzene rings is 1. The van der Waals surface area contributed by atoms with Crippen molar-refractivity contribution in [3.63, 3.8) is 0 Å². The molecule has 21 heavy (non-hydrogen) atoms. The number of aryl methyl sites for hydroxylation is 1. The number of pyridine rings is 1. The monoisotopic (exact) mass is 281 g/mol.